The SMILES string of the molecule is COC(=O)C1(N)CC(NC(=O)NC(C)C(C)C)C1. The number of hydrogen-bond donors (Lipinski definition) is 3. The Bertz CT molecular complexity index is 325. The van der Waals surface area contributed by atoms with Gasteiger partial charge in [-0.3, -0.25) is 4.79 Å². The summed E-state index contributed by atoms with van der Waals surface area (Å²) in [7, 11) is 1.31. The van der Waals surface area contributed by atoms with E-state index in [1.54, 1.807) is 0 Å². The highest BCUT2D eigenvalue weighted by Crippen LogP contribution is 2.30. The number of ether oxygens (including phenoxy) is 1. The van der Waals surface area contributed by atoms with Crippen molar-refractivity contribution >= 4 is 12.0 Å². The van der Waals surface area contributed by atoms with Crippen molar-refractivity contribution in [2.24, 2.45) is 11.7 Å². The van der Waals surface area contributed by atoms with Crippen LogP contribution < -0.4 is 16.4 Å². The van der Waals surface area contributed by atoms with Gasteiger partial charge in [0.2, 0.25) is 0 Å². The van der Waals surface area contributed by atoms with E-state index in [9.17, 15) is 9.59 Å². The number of hydrogen-bond acceptors (Lipinski definition) is 4. The average Bonchev–Trinajstić information content (AvgIpc) is 2.25. The van der Waals surface area contributed by atoms with Crippen LogP contribution in [0.1, 0.15) is 33.6 Å². The van der Waals surface area contributed by atoms with E-state index in [0.717, 1.165) is 0 Å². The molecular formula is C12H23N3O3. The van der Waals surface area contributed by atoms with E-state index in [4.69, 9.17) is 5.73 Å². The molecule has 0 spiro atoms. The lowest BCUT2D eigenvalue weighted by molar-refractivity contribution is -0.151. The topological polar surface area (TPSA) is 93.4 Å². The van der Waals surface area contributed by atoms with E-state index < -0.39 is 11.5 Å². The Balaban J connectivity index is 2.31. The smallest absolute Gasteiger partial charge is 0.325 e. The minimum atomic E-state index is -0.934. The molecule has 6 nitrogen and oxygen atoms in total. The number of carbonyl (C=O) groups excluding carboxylic acids is 2. The van der Waals surface area contributed by atoms with E-state index in [2.05, 4.69) is 15.4 Å². The first-order valence-corrected chi connectivity index (χ1v) is 6.23. The number of methoxy groups -OCH3 is 1. The van der Waals surface area contributed by atoms with E-state index in [0.29, 0.717) is 18.8 Å². The first-order chi connectivity index (χ1) is 8.28. The third-order valence-electron chi connectivity index (χ3n) is 3.51. The summed E-state index contributed by atoms with van der Waals surface area (Å²) < 4.78 is 4.61. The van der Waals surface area contributed by atoms with Gasteiger partial charge >= 0.3 is 12.0 Å². The van der Waals surface area contributed by atoms with Gasteiger partial charge < -0.3 is 21.1 Å². The van der Waals surface area contributed by atoms with Crippen LogP contribution in [-0.2, 0) is 9.53 Å². The van der Waals surface area contributed by atoms with Crippen molar-refractivity contribution in [3.8, 4) is 0 Å². The molecule has 0 aromatic heterocycles. The highest BCUT2D eigenvalue weighted by atomic mass is 16.5. The summed E-state index contributed by atoms with van der Waals surface area (Å²) in [6, 6.07) is -0.171. The lowest BCUT2D eigenvalue weighted by Crippen LogP contribution is -2.65. The Morgan fingerprint density at radius 3 is 2.33 bits per heavy atom. The van der Waals surface area contributed by atoms with E-state index in [-0.39, 0.29) is 18.1 Å². The minimum Gasteiger partial charge on any atom is -0.468 e. The van der Waals surface area contributed by atoms with Crippen molar-refractivity contribution in [1.29, 1.82) is 0 Å². The summed E-state index contributed by atoms with van der Waals surface area (Å²) in [4.78, 5) is 23.0. The molecule has 18 heavy (non-hydrogen) atoms. The van der Waals surface area contributed by atoms with Gasteiger partial charge in [0.05, 0.1) is 7.11 Å². The standard InChI is InChI=1S/C12H23N3O3/c1-7(2)8(3)14-11(17)15-9-5-12(13,6-9)10(16)18-4/h7-9H,5-6,13H2,1-4H3,(H2,14,15,17). The zero-order valence-corrected chi connectivity index (χ0v) is 11.4. The Kier molecular flexibility index (Phi) is 4.56. The van der Waals surface area contributed by atoms with Gasteiger partial charge in [0.1, 0.15) is 5.54 Å². The zero-order valence-electron chi connectivity index (χ0n) is 11.4. The third kappa shape index (κ3) is 3.35. The van der Waals surface area contributed by atoms with Crippen LogP contribution in [0.2, 0.25) is 0 Å². The van der Waals surface area contributed by atoms with Gasteiger partial charge in [-0.1, -0.05) is 13.8 Å². The molecule has 1 rings (SSSR count). The van der Waals surface area contributed by atoms with Crippen molar-refractivity contribution in [3.05, 3.63) is 0 Å². The highest BCUT2D eigenvalue weighted by Gasteiger charge is 2.48. The molecule has 6 heteroatoms. The Hall–Kier alpha value is -1.30. The maximum Gasteiger partial charge on any atom is 0.325 e. The molecule has 0 saturated heterocycles. The van der Waals surface area contributed by atoms with E-state index in [1.165, 1.54) is 7.11 Å². The van der Waals surface area contributed by atoms with Crippen LogP contribution >= 0.6 is 0 Å². The summed E-state index contributed by atoms with van der Waals surface area (Å²) in [5.41, 5.74) is 4.89. The minimum absolute atomic E-state index is 0.0616. The van der Waals surface area contributed by atoms with Crippen LogP contribution in [0.5, 0.6) is 0 Å². The van der Waals surface area contributed by atoms with Gasteiger partial charge in [0.15, 0.2) is 0 Å². The number of nitrogens with one attached hydrogen (secondary N) is 2. The fraction of sp³-hybridized carbons (Fsp3) is 0.833. The van der Waals surface area contributed by atoms with Gasteiger partial charge in [-0.2, -0.15) is 0 Å². The average molecular weight is 257 g/mol. The Labute approximate surface area is 108 Å². The second-order valence-corrected chi connectivity index (χ2v) is 5.40. The van der Waals surface area contributed by atoms with Crippen LogP contribution in [0.4, 0.5) is 4.79 Å². The molecule has 1 atom stereocenters. The number of rotatable bonds is 4. The summed E-state index contributed by atoms with van der Waals surface area (Å²) in [6.45, 7) is 6.03. The quantitative estimate of drug-likeness (QED) is 0.634. The van der Waals surface area contributed by atoms with Gasteiger partial charge in [0, 0.05) is 12.1 Å². The second-order valence-electron chi connectivity index (χ2n) is 5.40. The maximum absolute atomic E-state index is 11.6. The van der Waals surface area contributed by atoms with Crippen molar-refractivity contribution in [2.45, 2.75) is 51.2 Å². The Morgan fingerprint density at radius 1 is 1.33 bits per heavy atom. The van der Waals surface area contributed by atoms with Crippen molar-refractivity contribution in [2.75, 3.05) is 7.11 Å². The first kappa shape index (κ1) is 14.8. The number of amides is 2. The normalized spacial score (nSPS) is 28.2. The molecule has 0 bridgehead atoms. The molecule has 0 aromatic rings. The van der Waals surface area contributed by atoms with Crippen molar-refractivity contribution in [3.63, 3.8) is 0 Å². The van der Waals surface area contributed by atoms with Crippen LogP contribution in [0, 0.1) is 5.92 Å². The first-order valence-electron chi connectivity index (χ1n) is 6.23. The lowest BCUT2D eigenvalue weighted by Gasteiger charge is -2.42. The van der Waals surface area contributed by atoms with Crippen molar-refractivity contribution < 1.29 is 14.3 Å². The van der Waals surface area contributed by atoms with Gasteiger partial charge in [-0.05, 0) is 25.7 Å². The molecule has 0 radical (unpaired) electrons. The molecule has 1 unspecified atom stereocenters. The summed E-state index contributed by atoms with van der Waals surface area (Å²) in [5, 5.41) is 5.64. The van der Waals surface area contributed by atoms with E-state index >= 15 is 0 Å². The maximum atomic E-state index is 11.6. The molecule has 2 amide bonds. The van der Waals surface area contributed by atoms with Crippen LogP contribution in [0.25, 0.3) is 0 Å². The lowest BCUT2D eigenvalue weighted by atomic mass is 9.73. The molecule has 1 fully saturated rings. The number of urea groups is 1. The zero-order chi connectivity index (χ0) is 13.9. The third-order valence-corrected chi connectivity index (χ3v) is 3.51. The van der Waals surface area contributed by atoms with Crippen LogP contribution in [0.3, 0.4) is 0 Å². The summed E-state index contributed by atoms with van der Waals surface area (Å²) in [6.07, 6.45) is 0.840. The predicted molar refractivity (Wildman–Crippen MR) is 67.9 cm³/mol. The fourth-order valence-corrected chi connectivity index (χ4v) is 1.89. The molecule has 104 valence electrons. The van der Waals surface area contributed by atoms with Gasteiger partial charge in [0.25, 0.3) is 0 Å². The fourth-order valence-electron chi connectivity index (χ4n) is 1.89. The predicted octanol–water partition coefficient (Wildman–Crippen LogP) is 0.363. The number of carbonyl (C=O) groups is 2. The van der Waals surface area contributed by atoms with Gasteiger partial charge in [-0.25, -0.2) is 4.79 Å². The monoisotopic (exact) mass is 257 g/mol. The van der Waals surface area contributed by atoms with Gasteiger partial charge in [-0.15, -0.1) is 0 Å². The molecule has 1 saturated carbocycles. The highest BCUT2D eigenvalue weighted by molar-refractivity contribution is 5.83. The van der Waals surface area contributed by atoms with Crippen LogP contribution in [0.15, 0.2) is 0 Å². The molecule has 0 heterocycles. The van der Waals surface area contributed by atoms with Crippen LogP contribution in [-0.4, -0.2) is 36.7 Å². The number of nitrogens with two attached hydrogens (primary N) is 1. The molecular weight excluding hydrogens is 234 g/mol. The molecule has 1 aliphatic carbocycles. The van der Waals surface area contributed by atoms with E-state index in [1.807, 2.05) is 20.8 Å². The largest absolute Gasteiger partial charge is 0.468 e. The Morgan fingerprint density at radius 2 is 1.89 bits per heavy atom. The summed E-state index contributed by atoms with van der Waals surface area (Å²) in [5.74, 6) is -0.0442. The molecule has 0 aliphatic heterocycles. The number of esters is 1. The molecule has 0 aromatic carbocycles. The molecule has 1 aliphatic rings. The molecule has 4 N–H and O–H groups in total. The van der Waals surface area contributed by atoms with Crippen molar-refractivity contribution in [1.82, 2.24) is 10.6 Å². The summed E-state index contributed by atoms with van der Waals surface area (Å²) >= 11 is 0. The second kappa shape index (κ2) is 5.56.